The minimum atomic E-state index is -2.96. The van der Waals surface area contributed by atoms with Gasteiger partial charge in [0.1, 0.15) is 12.8 Å². The Bertz CT molecular complexity index is 968. The molecule has 0 fully saturated rings. The van der Waals surface area contributed by atoms with Gasteiger partial charge in [-0.25, -0.2) is 0 Å². The Balaban J connectivity index is 0.00000512. The Labute approximate surface area is 230 Å². The smallest absolute Gasteiger partial charge is 0.560 e. The second-order valence-electron chi connectivity index (χ2n) is 6.62. The standard InChI is InChI=1S/C23H25F2N4O2.K/c1-5-18(10-9-16(2)31-23(24)25)22(30)28-20-8-6-7-19(13-20)17(3)26-11-12-27-21-14-29(4)15-21;/h5-10,12-15,17,23,26H,2H2,1,3-4H3,(H,28,30);/q-1;+1/b10-9-,18-5+;. The summed E-state index contributed by atoms with van der Waals surface area (Å²) in [6.45, 7) is 5.90. The second kappa shape index (κ2) is 14.2. The van der Waals surface area contributed by atoms with Crippen molar-refractivity contribution in [3.63, 3.8) is 0 Å². The van der Waals surface area contributed by atoms with Gasteiger partial charge in [0.25, 0.3) is 5.91 Å². The van der Waals surface area contributed by atoms with E-state index < -0.39 is 6.61 Å². The maximum Gasteiger partial charge on any atom is 1.00 e. The summed E-state index contributed by atoms with van der Waals surface area (Å²) in [5, 5.41) is 5.89. The van der Waals surface area contributed by atoms with Gasteiger partial charge in [0, 0.05) is 17.3 Å². The van der Waals surface area contributed by atoms with E-state index in [9.17, 15) is 13.6 Å². The van der Waals surface area contributed by atoms with E-state index in [4.69, 9.17) is 0 Å². The van der Waals surface area contributed by atoms with Crippen molar-refractivity contribution in [3.8, 4) is 0 Å². The van der Waals surface area contributed by atoms with Gasteiger partial charge < -0.3 is 31.1 Å². The van der Waals surface area contributed by atoms with Crippen LogP contribution in [0, 0.1) is 12.7 Å². The van der Waals surface area contributed by atoms with Gasteiger partial charge in [-0.3, -0.25) is 4.79 Å². The van der Waals surface area contributed by atoms with Crippen LogP contribution in [0.5, 0.6) is 0 Å². The summed E-state index contributed by atoms with van der Waals surface area (Å²) in [6, 6.07) is 7.27. The number of nitrogens with one attached hydrogen (secondary N) is 2. The van der Waals surface area contributed by atoms with E-state index in [1.54, 1.807) is 25.3 Å². The molecule has 0 saturated heterocycles. The van der Waals surface area contributed by atoms with E-state index in [0.29, 0.717) is 5.69 Å². The number of hydrogen-bond donors (Lipinski definition) is 2. The quantitative estimate of drug-likeness (QED) is 0.103. The van der Waals surface area contributed by atoms with Crippen LogP contribution >= 0.6 is 0 Å². The number of carbonyl (C=O) groups excluding carboxylic acids is 1. The number of amides is 1. The first-order valence-corrected chi connectivity index (χ1v) is 9.50. The molecule has 1 atom stereocenters. The third-order valence-electron chi connectivity index (χ3n) is 4.16. The third-order valence-corrected chi connectivity index (χ3v) is 4.16. The van der Waals surface area contributed by atoms with Crippen LogP contribution < -0.4 is 62.0 Å². The fraction of sp³-hybridized carbons (Fsp3) is 0.217. The van der Waals surface area contributed by atoms with Gasteiger partial charge in [-0.1, -0.05) is 24.8 Å². The number of nitrogens with zero attached hydrogens (tertiary/aromatic N) is 2. The first kappa shape index (κ1) is 28.0. The molecule has 1 amide bonds. The van der Waals surface area contributed by atoms with Crippen LogP contribution in [0.25, 0.3) is 0 Å². The monoisotopic (exact) mass is 466 g/mol. The van der Waals surface area contributed by atoms with Crippen molar-refractivity contribution in [3.05, 3.63) is 84.9 Å². The van der Waals surface area contributed by atoms with E-state index in [1.807, 2.05) is 49.5 Å². The molecule has 164 valence electrons. The molecule has 2 rings (SSSR count). The molecular formula is C23H25F2KN4O2. The zero-order valence-corrected chi connectivity index (χ0v) is 21.7. The molecule has 0 bridgehead atoms. The SMILES string of the molecule is C=C(/C=C\C(=C/C)C(=O)Nc1cccc(C(C)N[C-]=CN=C2C=[N+](C)[CH-]2)c1)OC(F)F.[K+]. The number of alkyl halides is 2. The van der Waals surface area contributed by atoms with Gasteiger partial charge in [0.05, 0.1) is 18.5 Å². The summed E-state index contributed by atoms with van der Waals surface area (Å²) >= 11 is 0. The van der Waals surface area contributed by atoms with Crippen molar-refractivity contribution >= 4 is 23.5 Å². The van der Waals surface area contributed by atoms with E-state index >= 15 is 0 Å². The number of aliphatic imine (C=N–C) groups is 1. The van der Waals surface area contributed by atoms with Crippen LogP contribution in [0.4, 0.5) is 14.5 Å². The van der Waals surface area contributed by atoms with Crippen molar-refractivity contribution < 1.29 is 74.3 Å². The van der Waals surface area contributed by atoms with Gasteiger partial charge in [0.15, 0.2) is 0 Å². The first-order chi connectivity index (χ1) is 14.8. The molecule has 0 saturated carbocycles. The van der Waals surface area contributed by atoms with E-state index in [1.165, 1.54) is 12.2 Å². The summed E-state index contributed by atoms with van der Waals surface area (Å²) in [6.07, 6.45) is 10.5. The Morgan fingerprint density at radius 1 is 1.38 bits per heavy atom. The fourth-order valence-electron chi connectivity index (χ4n) is 2.55. The van der Waals surface area contributed by atoms with Crippen molar-refractivity contribution in [1.82, 2.24) is 5.32 Å². The van der Waals surface area contributed by atoms with Crippen LogP contribution in [0.2, 0.25) is 0 Å². The van der Waals surface area contributed by atoms with E-state index in [0.717, 1.165) is 11.3 Å². The minimum absolute atomic E-state index is 0. The predicted octanol–water partition coefficient (Wildman–Crippen LogP) is 1.14. The molecule has 1 unspecified atom stereocenters. The number of anilines is 1. The molecular weight excluding hydrogens is 441 g/mol. The van der Waals surface area contributed by atoms with Crippen molar-refractivity contribution in [2.24, 2.45) is 4.99 Å². The molecule has 0 radical (unpaired) electrons. The van der Waals surface area contributed by atoms with Crippen LogP contribution in [0.3, 0.4) is 0 Å². The molecule has 2 N–H and O–H groups in total. The minimum Gasteiger partial charge on any atom is -0.560 e. The molecule has 1 aliphatic heterocycles. The number of ether oxygens (including phenoxy) is 1. The molecule has 6 nitrogen and oxygen atoms in total. The van der Waals surface area contributed by atoms with Crippen LogP contribution in [-0.2, 0) is 9.53 Å². The number of carbonyl (C=O) groups is 1. The van der Waals surface area contributed by atoms with E-state index in [2.05, 4.69) is 33.1 Å². The maximum absolute atomic E-state index is 12.5. The second-order valence-corrected chi connectivity index (χ2v) is 6.62. The normalized spacial score (nSPS) is 15.6. The molecule has 32 heavy (non-hydrogen) atoms. The summed E-state index contributed by atoms with van der Waals surface area (Å²) < 4.78 is 30.4. The topological polar surface area (TPSA) is 65.7 Å². The first-order valence-electron chi connectivity index (χ1n) is 9.50. The van der Waals surface area contributed by atoms with Crippen molar-refractivity contribution in [2.75, 3.05) is 12.4 Å². The Kier molecular flexibility index (Phi) is 12.4. The van der Waals surface area contributed by atoms with Crippen molar-refractivity contribution in [2.45, 2.75) is 26.5 Å². The average molecular weight is 467 g/mol. The van der Waals surface area contributed by atoms with Gasteiger partial charge >= 0.3 is 58.0 Å². The van der Waals surface area contributed by atoms with Gasteiger partial charge in [0.2, 0.25) is 0 Å². The summed E-state index contributed by atoms with van der Waals surface area (Å²) in [5.74, 6) is -0.625. The van der Waals surface area contributed by atoms with Gasteiger partial charge in [-0.15, -0.1) is 6.20 Å². The van der Waals surface area contributed by atoms with Crippen LogP contribution in [-0.4, -0.2) is 36.1 Å². The van der Waals surface area contributed by atoms with Crippen LogP contribution in [0.1, 0.15) is 25.5 Å². The molecule has 1 aliphatic rings. The Morgan fingerprint density at radius 2 is 2.09 bits per heavy atom. The average Bonchev–Trinajstić information content (AvgIpc) is 2.69. The fourth-order valence-corrected chi connectivity index (χ4v) is 2.55. The summed E-state index contributed by atoms with van der Waals surface area (Å²) in [4.78, 5) is 16.7. The third kappa shape index (κ3) is 9.62. The van der Waals surface area contributed by atoms with Crippen LogP contribution in [0.15, 0.2) is 71.6 Å². The van der Waals surface area contributed by atoms with Gasteiger partial charge in [-0.2, -0.15) is 8.78 Å². The Hall–Kier alpha value is -2.04. The number of rotatable bonds is 10. The molecule has 9 heteroatoms. The summed E-state index contributed by atoms with van der Waals surface area (Å²) in [5.41, 5.74) is 2.68. The van der Waals surface area contributed by atoms with E-state index in [-0.39, 0.29) is 74.7 Å². The summed E-state index contributed by atoms with van der Waals surface area (Å²) in [7, 11) is 1.92. The molecule has 0 spiro atoms. The number of hydrogen-bond acceptors (Lipinski definition) is 4. The largest absolute Gasteiger partial charge is 1.00 e. The maximum atomic E-state index is 12.5. The zero-order chi connectivity index (χ0) is 22.8. The number of allylic oxidation sites excluding steroid dienone is 2. The molecule has 1 aromatic carbocycles. The molecule has 1 aromatic rings. The number of halogens is 2. The van der Waals surface area contributed by atoms with Gasteiger partial charge in [-0.05, 0) is 43.7 Å². The number of benzene rings is 1. The zero-order valence-electron chi connectivity index (χ0n) is 18.6. The Morgan fingerprint density at radius 3 is 2.72 bits per heavy atom. The molecule has 0 aromatic heterocycles. The molecule has 0 aliphatic carbocycles. The predicted molar refractivity (Wildman–Crippen MR) is 118 cm³/mol. The molecule has 1 heterocycles. The van der Waals surface area contributed by atoms with Crippen molar-refractivity contribution in [1.29, 1.82) is 0 Å².